The molecule has 20 heavy (non-hydrogen) atoms. The molecular weight excluding hydrogens is 288 g/mol. The first-order chi connectivity index (χ1) is 9.65. The molecule has 0 amide bonds. The van der Waals surface area contributed by atoms with Gasteiger partial charge >= 0.3 is 129 Å². The molecule has 1 aromatic rings. The number of rotatable bonds is 5. The average molecular weight is 310 g/mol. The van der Waals surface area contributed by atoms with E-state index < -0.39 is 0 Å². The summed E-state index contributed by atoms with van der Waals surface area (Å²) >= 11 is 3.01. The van der Waals surface area contributed by atoms with Crippen molar-refractivity contribution < 1.29 is 25.4 Å². The minimum atomic E-state index is 0.125. The summed E-state index contributed by atoms with van der Waals surface area (Å²) in [6.45, 7) is 2.15. The molecule has 0 bridgehead atoms. The maximum atomic E-state index is 12.4. The molecule has 1 aliphatic carbocycles. The zero-order chi connectivity index (χ0) is 14.5. The van der Waals surface area contributed by atoms with Crippen LogP contribution < -0.4 is 0 Å². The maximum absolute atomic E-state index is 12.4. The van der Waals surface area contributed by atoms with E-state index in [2.05, 4.69) is 34.9 Å². The third-order valence-electron chi connectivity index (χ3n) is 4.33. The van der Waals surface area contributed by atoms with Gasteiger partial charge in [0.1, 0.15) is 0 Å². The van der Waals surface area contributed by atoms with Gasteiger partial charge in [-0.3, -0.25) is 0 Å². The summed E-state index contributed by atoms with van der Waals surface area (Å²) in [5.74, 6) is 0.954. The number of hydrogen-bond donors (Lipinski definition) is 0. The molecule has 1 fully saturated rings. The fourth-order valence-electron chi connectivity index (χ4n) is 3.27. The van der Waals surface area contributed by atoms with Crippen molar-refractivity contribution >= 4 is 10.3 Å². The van der Waals surface area contributed by atoms with Gasteiger partial charge in [0.15, 0.2) is 0 Å². The second kappa shape index (κ2) is 7.31. The summed E-state index contributed by atoms with van der Waals surface area (Å²) in [5, 5.41) is 0. The predicted molar refractivity (Wildman–Crippen MR) is 77.3 cm³/mol. The second-order valence-corrected chi connectivity index (χ2v) is 6.20. The van der Waals surface area contributed by atoms with Gasteiger partial charge in [0.2, 0.25) is 0 Å². The monoisotopic (exact) mass is 310 g/mol. The summed E-state index contributed by atoms with van der Waals surface area (Å²) in [6, 6.07) is 10.4. The normalized spacial score (nSPS) is 22.3. The topological polar surface area (TPSA) is 26.3 Å². The number of hydrogen-bond acceptors (Lipinski definition) is 2. The molecular formula is C17H22CrO2. The molecule has 0 unspecified atom stereocenters. The van der Waals surface area contributed by atoms with E-state index in [1.54, 1.807) is 7.11 Å². The molecule has 0 radical (unpaired) electrons. The van der Waals surface area contributed by atoms with E-state index in [9.17, 15) is 4.79 Å². The van der Waals surface area contributed by atoms with Gasteiger partial charge < -0.3 is 0 Å². The fourth-order valence-corrected chi connectivity index (χ4v) is 3.50. The van der Waals surface area contributed by atoms with Gasteiger partial charge in [0, 0.05) is 0 Å². The van der Waals surface area contributed by atoms with Gasteiger partial charge in [-0.05, 0) is 0 Å². The predicted octanol–water partition coefficient (Wildman–Crippen LogP) is 3.49. The van der Waals surface area contributed by atoms with E-state index in [4.69, 9.17) is 4.74 Å². The molecule has 2 rings (SSSR count). The number of ether oxygens (including phenoxy) is 1. The molecule has 3 atom stereocenters. The van der Waals surface area contributed by atoms with Crippen molar-refractivity contribution in [1.82, 2.24) is 0 Å². The van der Waals surface area contributed by atoms with Crippen LogP contribution in [0.4, 0.5) is 0 Å². The first kappa shape index (κ1) is 15.6. The van der Waals surface area contributed by atoms with Crippen LogP contribution in [0.25, 0.3) is 0 Å². The van der Waals surface area contributed by atoms with Crippen LogP contribution in [0.5, 0.6) is 0 Å². The first-order valence-electron chi connectivity index (χ1n) is 7.30. The third-order valence-corrected chi connectivity index (χ3v) is 5.17. The number of carbonyl (C=O) groups excluding carboxylic acids is 1. The van der Waals surface area contributed by atoms with Gasteiger partial charge in [-0.25, -0.2) is 0 Å². The molecule has 3 heteroatoms. The Labute approximate surface area is 129 Å². The first-order valence-corrected chi connectivity index (χ1v) is 7.94. The second-order valence-electron chi connectivity index (χ2n) is 5.57. The van der Waals surface area contributed by atoms with E-state index in [-0.39, 0.29) is 17.8 Å². The summed E-state index contributed by atoms with van der Waals surface area (Å²) in [5.41, 5.74) is 1.24. The Balaban J connectivity index is 2.33. The van der Waals surface area contributed by atoms with Crippen molar-refractivity contribution in [3.05, 3.63) is 35.9 Å². The number of Topliss-reactive ketones (excluding diaryl/α,β-unsaturated/α-hetero) is 1. The Morgan fingerprint density at radius 1 is 1.30 bits per heavy atom. The zero-order valence-corrected chi connectivity index (χ0v) is 13.4. The molecule has 1 aromatic carbocycles. The molecule has 0 spiro atoms. The standard InChI is InChI=1S/C17H22O2.Cr/c1-13(12-19-2)17(14-8-4-3-5-9-14)15-10-6-7-11-16(15)18;/h3-5,8-9,13,15,17H,6-7,10-11H2,1-2H3;/t13-,15+,17-;/m0./s1. The number of benzene rings is 1. The van der Waals surface area contributed by atoms with Gasteiger partial charge in [-0.2, -0.15) is 0 Å². The van der Waals surface area contributed by atoms with Crippen molar-refractivity contribution in [2.45, 2.75) is 38.5 Å². The van der Waals surface area contributed by atoms with E-state index in [0.717, 1.165) is 30.2 Å². The van der Waals surface area contributed by atoms with Crippen LogP contribution in [0.15, 0.2) is 30.3 Å². The fraction of sp³-hybridized carbons (Fsp3) is 0.529. The molecule has 0 saturated heterocycles. The molecule has 1 saturated carbocycles. The van der Waals surface area contributed by atoms with Crippen LogP contribution >= 0.6 is 0 Å². The SMILES string of the molecule is CO[C](=[Cr])[C@H](C)[C@@H](c1ccccc1)[C@@H]1CCCCC1=O. The van der Waals surface area contributed by atoms with E-state index in [1.165, 1.54) is 5.56 Å². The summed E-state index contributed by atoms with van der Waals surface area (Å²) in [4.78, 5) is 12.4. The summed E-state index contributed by atoms with van der Waals surface area (Å²) in [6.07, 6.45) is 3.93. The van der Waals surface area contributed by atoms with Crippen molar-refractivity contribution in [2.75, 3.05) is 7.11 Å². The Hall–Kier alpha value is -0.748. The molecule has 0 heterocycles. The van der Waals surface area contributed by atoms with Crippen molar-refractivity contribution in [1.29, 1.82) is 0 Å². The number of methoxy groups -OCH3 is 1. The molecule has 0 aromatic heterocycles. The van der Waals surface area contributed by atoms with Crippen LogP contribution in [-0.2, 0) is 25.4 Å². The Morgan fingerprint density at radius 3 is 2.60 bits per heavy atom. The number of ketones is 1. The number of carbonyl (C=O) groups is 1. The summed E-state index contributed by atoms with van der Waals surface area (Å²) < 4.78 is 6.28. The average Bonchev–Trinajstić information content (AvgIpc) is 2.49. The van der Waals surface area contributed by atoms with E-state index in [0.29, 0.717) is 5.78 Å². The Bertz CT molecular complexity index is 469. The van der Waals surface area contributed by atoms with Crippen LogP contribution in [0.3, 0.4) is 0 Å². The Morgan fingerprint density at radius 2 is 2.00 bits per heavy atom. The van der Waals surface area contributed by atoms with Crippen molar-refractivity contribution in [3.63, 3.8) is 0 Å². The van der Waals surface area contributed by atoms with E-state index >= 15 is 0 Å². The van der Waals surface area contributed by atoms with Crippen LogP contribution in [0.2, 0.25) is 0 Å². The molecule has 0 N–H and O–H groups in total. The van der Waals surface area contributed by atoms with Crippen molar-refractivity contribution in [2.24, 2.45) is 11.8 Å². The molecule has 108 valence electrons. The van der Waals surface area contributed by atoms with Crippen LogP contribution in [0, 0.1) is 11.8 Å². The Kier molecular flexibility index (Phi) is 5.72. The van der Waals surface area contributed by atoms with Gasteiger partial charge in [-0.1, -0.05) is 0 Å². The van der Waals surface area contributed by atoms with Crippen molar-refractivity contribution in [3.8, 4) is 0 Å². The minimum absolute atomic E-state index is 0.125. The van der Waals surface area contributed by atoms with Gasteiger partial charge in [-0.15, -0.1) is 0 Å². The molecule has 1 aliphatic rings. The van der Waals surface area contributed by atoms with Crippen LogP contribution in [-0.4, -0.2) is 17.5 Å². The van der Waals surface area contributed by atoms with Gasteiger partial charge in [0.05, 0.1) is 0 Å². The molecule has 0 aliphatic heterocycles. The van der Waals surface area contributed by atoms with E-state index in [1.807, 2.05) is 18.2 Å². The zero-order valence-electron chi connectivity index (χ0n) is 12.2. The quantitative estimate of drug-likeness (QED) is 0.832. The van der Waals surface area contributed by atoms with Gasteiger partial charge in [0.25, 0.3) is 0 Å². The third kappa shape index (κ3) is 3.47. The molecule has 2 nitrogen and oxygen atoms in total. The van der Waals surface area contributed by atoms with Crippen LogP contribution in [0.1, 0.15) is 44.1 Å². The summed E-state index contributed by atoms with van der Waals surface area (Å²) in [7, 11) is 1.69.